The second kappa shape index (κ2) is 11.0. The molecule has 7 rings (SSSR count). The van der Waals surface area contributed by atoms with Crippen molar-refractivity contribution in [1.29, 1.82) is 0 Å². The van der Waals surface area contributed by atoms with E-state index in [-0.39, 0.29) is 17.8 Å². The highest BCUT2D eigenvalue weighted by Gasteiger charge is 2.22. The fourth-order valence-corrected chi connectivity index (χ4v) is 5.34. The van der Waals surface area contributed by atoms with Crippen molar-refractivity contribution in [3.63, 3.8) is 0 Å². The quantitative estimate of drug-likeness (QED) is 0.286. The van der Waals surface area contributed by atoms with Crippen LogP contribution >= 0.6 is 0 Å². The first-order valence-electron chi connectivity index (χ1n) is 13.7. The summed E-state index contributed by atoms with van der Waals surface area (Å²) in [6.07, 6.45) is 3.32. The van der Waals surface area contributed by atoms with Gasteiger partial charge in [-0.05, 0) is 24.3 Å². The Labute approximate surface area is 234 Å². The Balaban J connectivity index is 0.962. The Morgan fingerprint density at radius 3 is 2.78 bits per heavy atom. The lowest BCUT2D eigenvalue weighted by Gasteiger charge is -2.36. The summed E-state index contributed by atoms with van der Waals surface area (Å²) in [6.45, 7) is 7.03. The van der Waals surface area contributed by atoms with Crippen molar-refractivity contribution < 1.29 is 18.3 Å². The van der Waals surface area contributed by atoms with E-state index >= 15 is 0 Å². The van der Waals surface area contributed by atoms with Gasteiger partial charge in [0.15, 0.2) is 17.1 Å². The number of hydrogen-bond donors (Lipinski definition) is 2. The Kier molecular flexibility index (Phi) is 6.86. The fraction of sp³-hybridized carbons (Fsp3) is 0.407. The van der Waals surface area contributed by atoms with Gasteiger partial charge in [0.1, 0.15) is 18.2 Å². The first-order valence-corrected chi connectivity index (χ1v) is 13.7. The maximum absolute atomic E-state index is 15.0. The summed E-state index contributed by atoms with van der Waals surface area (Å²) in [5.41, 5.74) is 8.05. The Morgan fingerprint density at radius 1 is 1.10 bits per heavy atom. The van der Waals surface area contributed by atoms with Gasteiger partial charge in [0, 0.05) is 45.3 Å². The van der Waals surface area contributed by atoms with Crippen molar-refractivity contribution in [3.05, 3.63) is 48.6 Å². The average molecular weight is 563 g/mol. The Bertz CT molecular complexity index is 1640. The molecule has 0 aliphatic carbocycles. The van der Waals surface area contributed by atoms with E-state index < -0.39 is 0 Å². The van der Waals surface area contributed by atoms with Crippen LogP contribution in [0.1, 0.15) is 0 Å². The number of morpholine rings is 1. The fourth-order valence-electron chi connectivity index (χ4n) is 5.34. The number of nitrogens with zero attached hydrogens (tertiary/aromatic N) is 8. The van der Waals surface area contributed by atoms with E-state index in [2.05, 4.69) is 35.3 Å². The molecule has 214 valence electrons. The highest BCUT2D eigenvalue weighted by atomic mass is 19.1. The molecule has 41 heavy (non-hydrogen) atoms. The molecular weight excluding hydrogens is 531 g/mol. The molecule has 0 bridgehead atoms. The molecule has 1 atom stereocenters. The van der Waals surface area contributed by atoms with Crippen molar-refractivity contribution in [3.8, 4) is 17.3 Å². The summed E-state index contributed by atoms with van der Waals surface area (Å²) >= 11 is 0. The number of nitrogen functional groups attached to an aromatic ring is 1. The lowest BCUT2D eigenvalue weighted by molar-refractivity contribution is 0.0592. The summed E-state index contributed by atoms with van der Waals surface area (Å²) in [7, 11) is 0. The molecule has 4 aromatic heterocycles. The van der Waals surface area contributed by atoms with Gasteiger partial charge >= 0.3 is 0 Å². The van der Waals surface area contributed by atoms with Gasteiger partial charge < -0.3 is 29.8 Å². The molecule has 5 aromatic rings. The minimum atomic E-state index is -0.273. The van der Waals surface area contributed by atoms with Crippen molar-refractivity contribution in [1.82, 2.24) is 39.6 Å². The molecular formula is C27H31FN10O3. The third kappa shape index (κ3) is 5.16. The molecule has 2 aliphatic heterocycles. The largest absolute Gasteiger partial charge is 0.492 e. The molecule has 14 heteroatoms. The van der Waals surface area contributed by atoms with E-state index in [1.165, 1.54) is 10.6 Å². The summed E-state index contributed by atoms with van der Waals surface area (Å²) in [6, 6.07) is 8.81. The minimum Gasteiger partial charge on any atom is -0.492 e. The number of rotatable bonds is 8. The molecule has 2 aliphatic rings. The molecule has 0 spiro atoms. The number of anilines is 2. The van der Waals surface area contributed by atoms with E-state index in [1.54, 1.807) is 30.7 Å². The maximum Gasteiger partial charge on any atom is 0.225 e. The van der Waals surface area contributed by atoms with E-state index in [9.17, 15) is 4.39 Å². The molecule has 1 unspecified atom stereocenters. The Morgan fingerprint density at radius 2 is 2.00 bits per heavy atom. The zero-order valence-corrected chi connectivity index (χ0v) is 22.4. The number of benzene rings is 1. The summed E-state index contributed by atoms with van der Waals surface area (Å²) < 4.78 is 35.0. The number of furan rings is 1. The van der Waals surface area contributed by atoms with Gasteiger partial charge in [0.05, 0.1) is 49.3 Å². The second-order valence-corrected chi connectivity index (χ2v) is 10.2. The number of nitrogens with one attached hydrogen (secondary N) is 1. The number of aromatic nitrogens is 6. The van der Waals surface area contributed by atoms with Crippen LogP contribution in [0.4, 0.5) is 16.0 Å². The standard InChI is InChI=1S/C27H31FN10O3/c28-21-14-19(41-17-18-16-39-13-5-30-18)3-4-22(21)36-9-6-35(7-10-36)8-11-37-25-20(15-31-37)26-32-24(23-2-1-12-40-23)34-38(26)27(29)33-25/h1-4,12,14-15,18,30H,5-11,13,16-17H2,(H2,29,33). The van der Waals surface area contributed by atoms with Crippen LogP contribution in [0.15, 0.2) is 47.2 Å². The van der Waals surface area contributed by atoms with Crippen molar-refractivity contribution in [2.45, 2.75) is 12.6 Å². The van der Waals surface area contributed by atoms with Gasteiger partial charge in [-0.25, -0.2) is 14.1 Å². The molecule has 0 saturated carbocycles. The number of ether oxygens (including phenoxy) is 2. The monoisotopic (exact) mass is 562 g/mol. The minimum absolute atomic E-state index is 0.122. The number of nitrogens with two attached hydrogens (primary N) is 1. The molecule has 0 amide bonds. The van der Waals surface area contributed by atoms with Gasteiger partial charge in [-0.3, -0.25) is 4.90 Å². The van der Waals surface area contributed by atoms with Crippen LogP contribution in [0.3, 0.4) is 0 Å². The zero-order chi connectivity index (χ0) is 27.8. The normalized spacial score (nSPS) is 18.5. The van der Waals surface area contributed by atoms with Crippen LogP contribution in [0, 0.1) is 5.82 Å². The lowest BCUT2D eigenvalue weighted by Crippen LogP contribution is -2.47. The number of hydrogen-bond acceptors (Lipinski definition) is 11. The van der Waals surface area contributed by atoms with Crippen LogP contribution in [0.25, 0.3) is 28.3 Å². The Hall–Kier alpha value is -4.27. The first kappa shape index (κ1) is 25.7. The smallest absolute Gasteiger partial charge is 0.225 e. The number of piperazine rings is 1. The lowest BCUT2D eigenvalue weighted by atomic mass is 10.2. The van der Waals surface area contributed by atoms with Gasteiger partial charge in [-0.2, -0.15) is 14.6 Å². The predicted molar refractivity (Wildman–Crippen MR) is 149 cm³/mol. The maximum atomic E-state index is 15.0. The molecule has 2 fully saturated rings. The molecule has 6 heterocycles. The van der Waals surface area contributed by atoms with Crippen LogP contribution < -0.4 is 20.7 Å². The van der Waals surface area contributed by atoms with Crippen LogP contribution in [0.2, 0.25) is 0 Å². The van der Waals surface area contributed by atoms with E-state index in [0.717, 1.165) is 44.7 Å². The predicted octanol–water partition coefficient (Wildman–Crippen LogP) is 1.64. The van der Waals surface area contributed by atoms with Gasteiger partial charge in [-0.1, -0.05) is 0 Å². The third-order valence-electron chi connectivity index (χ3n) is 7.55. The molecule has 1 aromatic carbocycles. The second-order valence-electron chi connectivity index (χ2n) is 10.2. The van der Waals surface area contributed by atoms with Gasteiger partial charge in [0.2, 0.25) is 11.8 Å². The van der Waals surface area contributed by atoms with Crippen LogP contribution in [-0.4, -0.2) is 99.4 Å². The zero-order valence-electron chi connectivity index (χ0n) is 22.4. The van der Waals surface area contributed by atoms with Gasteiger partial charge in [-0.15, -0.1) is 5.10 Å². The van der Waals surface area contributed by atoms with E-state index in [1.807, 2.05) is 10.7 Å². The van der Waals surface area contributed by atoms with Crippen LogP contribution in [-0.2, 0) is 11.3 Å². The summed E-state index contributed by atoms with van der Waals surface area (Å²) in [4.78, 5) is 13.6. The molecule has 2 saturated heterocycles. The first-order chi connectivity index (χ1) is 20.1. The molecule has 3 N–H and O–H groups in total. The number of halogens is 1. The molecule has 0 radical (unpaired) electrons. The van der Waals surface area contributed by atoms with Crippen LogP contribution in [0.5, 0.6) is 5.75 Å². The highest BCUT2D eigenvalue weighted by molar-refractivity contribution is 5.90. The third-order valence-corrected chi connectivity index (χ3v) is 7.55. The highest BCUT2D eigenvalue weighted by Crippen LogP contribution is 2.26. The van der Waals surface area contributed by atoms with Gasteiger partial charge in [0.25, 0.3) is 0 Å². The van der Waals surface area contributed by atoms with Crippen molar-refractivity contribution in [2.75, 3.05) is 69.7 Å². The van der Waals surface area contributed by atoms with Crippen molar-refractivity contribution in [2.24, 2.45) is 0 Å². The molecule has 13 nitrogen and oxygen atoms in total. The summed E-state index contributed by atoms with van der Waals surface area (Å²) in [5, 5.41) is 13.1. The topological polar surface area (TPSA) is 137 Å². The van der Waals surface area contributed by atoms with Crippen molar-refractivity contribution >= 4 is 28.3 Å². The number of fused-ring (bicyclic) bond motifs is 3. The average Bonchev–Trinajstić information content (AvgIpc) is 3.76. The SMILES string of the molecule is Nc1nc2c(cnn2CCN2CCN(c3ccc(OCC4COCCN4)cc3F)CC2)c2nc(-c3ccco3)nn12. The van der Waals surface area contributed by atoms with E-state index in [0.29, 0.717) is 60.7 Å². The summed E-state index contributed by atoms with van der Waals surface area (Å²) in [5.74, 6) is 1.47. The van der Waals surface area contributed by atoms with E-state index in [4.69, 9.17) is 19.6 Å².